The van der Waals surface area contributed by atoms with Crippen LogP contribution < -0.4 is 4.90 Å². The normalized spacial score (nSPS) is 22.4. The van der Waals surface area contributed by atoms with Gasteiger partial charge in [-0.15, -0.1) is 0 Å². The lowest BCUT2D eigenvalue weighted by atomic mass is 9.92. The van der Waals surface area contributed by atoms with Crippen molar-refractivity contribution in [2.45, 2.75) is 18.1 Å². The van der Waals surface area contributed by atoms with Crippen LogP contribution in [0.15, 0.2) is 48.5 Å². The molecule has 2 amide bonds. The van der Waals surface area contributed by atoms with Crippen molar-refractivity contribution in [3.8, 4) is 0 Å². The zero-order valence-corrected chi connectivity index (χ0v) is 16.8. The molecule has 2 aromatic rings. The summed E-state index contributed by atoms with van der Waals surface area (Å²) in [7, 11) is 1.79. The van der Waals surface area contributed by atoms with Gasteiger partial charge in [0.25, 0.3) is 5.91 Å². The van der Waals surface area contributed by atoms with Crippen LogP contribution in [0, 0.1) is 5.82 Å². The molecular formula is C22H21F4N3O2. The summed E-state index contributed by atoms with van der Waals surface area (Å²) < 4.78 is 52.7. The van der Waals surface area contributed by atoms with Crippen LogP contribution in [0.25, 0.3) is 0 Å². The van der Waals surface area contributed by atoms with Crippen molar-refractivity contribution in [1.29, 1.82) is 0 Å². The Balaban J connectivity index is 1.56. The van der Waals surface area contributed by atoms with Crippen LogP contribution in [-0.2, 0) is 11.0 Å². The van der Waals surface area contributed by atoms with Gasteiger partial charge in [0.2, 0.25) is 5.91 Å². The number of rotatable bonds is 2. The van der Waals surface area contributed by atoms with Gasteiger partial charge >= 0.3 is 6.18 Å². The Kier molecular flexibility index (Phi) is 5.25. The first-order valence-electron chi connectivity index (χ1n) is 9.83. The van der Waals surface area contributed by atoms with Crippen molar-refractivity contribution in [3.05, 3.63) is 65.5 Å². The second kappa shape index (κ2) is 7.64. The summed E-state index contributed by atoms with van der Waals surface area (Å²) in [4.78, 5) is 30.4. The summed E-state index contributed by atoms with van der Waals surface area (Å²) in [6, 6.07) is 10.2. The summed E-state index contributed by atoms with van der Waals surface area (Å²) in [5.74, 6) is -1.11. The molecule has 0 aliphatic carbocycles. The number of piperazine rings is 1. The first-order chi connectivity index (χ1) is 14.6. The maximum atomic E-state index is 13.7. The molecule has 0 aromatic heterocycles. The fourth-order valence-corrected chi connectivity index (χ4v) is 4.32. The topological polar surface area (TPSA) is 43.9 Å². The number of carbonyl (C=O) groups is 2. The van der Waals surface area contributed by atoms with Gasteiger partial charge in [-0.2, -0.15) is 13.2 Å². The van der Waals surface area contributed by atoms with Crippen LogP contribution in [0.2, 0.25) is 0 Å². The van der Waals surface area contributed by atoms with E-state index in [1.54, 1.807) is 13.1 Å². The van der Waals surface area contributed by atoms with E-state index in [2.05, 4.69) is 0 Å². The van der Waals surface area contributed by atoms with Crippen molar-refractivity contribution in [2.24, 2.45) is 0 Å². The monoisotopic (exact) mass is 435 g/mol. The van der Waals surface area contributed by atoms with Gasteiger partial charge in [-0.05, 0) is 49.9 Å². The van der Waals surface area contributed by atoms with E-state index in [9.17, 15) is 27.2 Å². The predicted molar refractivity (Wildman–Crippen MR) is 106 cm³/mol. The van der Waals surface area contributed by atoms with Gasteiger partial charge in [0.15, 0.2) is 0 Å². The van der Waals surface area contributed by atoms with Crippen molar-refractivity contribution >= 4 is 17.5 Å². The standard InChI is InChI=1S/C22H21F4N3O2/c1-27-12-19(30)29(18-7-3-6-17(23)11-18)14-21(27)8-9-28(13-21)20(31)15-4-2-5-16(10-15)22(24,25)26/h2-7,10-11H,8-9,12-14H2,1H3. The van der Waals surface area contributed by atoms with E-state index in [4.69, 9.17) is 0 Å². The lowest BCUT2D eigenvalue weighted by molar-refractivity contribution is -0.137. The number of alkyl halides is 3. The highest BCUT2D eigenvalue weighted by atomic mass is 19.4. The number of nitrogens with zero attached hydrogens (tertiary/aromatic N) is 3. The molecule has 4 rings (SSSR count). The third-order valence-electron chi connectivity index (χ3n) is 6.11. The Morgan fingerprint density at radius 3 is 2.52 bits per heavy atom. The van der Waals surface area contributed by atoms with Gasteiger partial charge in [0.1, 0.15) is 5.82 Å². The number of hydrogen-bond donors (Lipinski definition) is 0. The lowest BCUT2D eigenvalue weighted by Crippen LogP contribution is -2.64. The number of carbonyl (C=O) groups excluding carboxylic acids is 2. The minimum absolute atomic E-state index is 0.0246. The Labute approximate surface area is 176 Å². The fraction of sp³-hybridized carbons (Fsp3) is 0.364. The molecule has 0 bridgehead atoms. The number of likely N-dealkylation sites (N-methyl/N-ethyl adjacent to an activating group) is 1. The molecule has 31 heavy (non-hydrogen) atoms. The summed E-state index contributed by atoms with van der Waals surface area (Å²) in [6.45, 7) is 0.975. The average molecular weight is 435 g/mol. The molecule has 0 radical (unpaired) electrons. The SMILES string of the molecule is CN1CC(=O)N(c2cccc(F)c2)CC12CCN(C(=O)c1cccc(C(F)(F)F)c1)C2. The van der Waals surface area contributed by atoms with E-state index < -0.39 is 29.0 Å². The van der Waals surface area contributed by atoms with E-state index >= 15 is 0 Å². The fourth-order valence-electron chi connectivity index (χ4n) is 4.32. The third-order valence-corrected chi connectivity index (χ3v) is 6.11. The van der Waals surface area contributed by atoms with E-state index in [0.717, 1.165) is 12.1 Å². The molecule has 1 spiro atoms. The number of anilines is 1. The number of likely N-dealkylation sites (tertiary alicyclic amines) is 1. The van der Waals surface area contributed by atoms with Crippen LogP contribution in [0.5, 0.6) is 0 Å². The van der Waals surface area contributed by atoms with Gasteiger partial charge in [-0.25, -0.2) is 4.39 Å². The molecule has 0 N–H and O–H groups in total. The Morgan fingerprint density at radius 1 is 1.06 bits per heavy atom. The van der Waals surface area contributed by atoms with Gasteiger partial charge in [-0.1, -0.05) is 12.1 Å². The Bertz CT molecular complexity index is 1030. The number of benzene rings is 2. The van der Waals surface area contributed by atoms with Gasteiger partial charge in [0.05, 0.1) is 17.6 Å². The Hall–Kier alpha value is -2.94. The predicted octanol–water partition coefficient (Wildman–Crippen LogP) is 3.41. The van der Waals surface area contributed by atoms with Crippen LogP contribution in [-0.4, -0.2) is 60.4 Å². The molecule has 2 aromatic carbocycles. The number of amides is 2. The minimum atomic E-state index is -4.53. The number of hydrogen-bond acceptors (Lipinski definition) is 3. The molecule has 1 atom stereocenters. The van der Waals surface area contributed by atoms with E-state index in [-0.39, 0.29) is 31.1 Å². The molecule has 2 heterocycles. The maximum Gasteiger partial charge on any atom is 0.416 e. The molecule has 2 fully saturated rings. The maximum absolute atomic E-state index is 13.7. The van der Waals surface area contributed by atoms with E-state index in [1.165, 1.54) is 40.1 Å². The van der Waals surface area contributed by atoms with Crippen LogP contribution in [0.1, 0.15) is 22.3 Å². The molecule has 2 saturated heterocycles. The largest absolute Gasteiger partial charge is 0.416 e. The average Bonchev–Trinajstić information content (AvgIpc) is 3.15. The lowest BCUT2D eigenvalue weighted by Gasteiger charge is -2.46. The first-order valence-corrected chi connectivity index (χ1v) is 9.83. The molecule has 0 saturated carbocycles. The molecule has 9 heteroatoms. The van der Waals surface area contributed by atoms with Crippen molar-refractivity contribution in [3.63, 3.8) is 0 Å². The highest BCUT2D eigenvalue weighted by Gasteiger charge is 2.49. The van der Waals surface area contributed by atoms with Gasteiger partial charge in [0, 0.05) is 30.9 Å². The molecule has 2 aliphatic heterocycles. The molecule has 5 nitrogen and oxygen atoms in total. The molecule has 164 valence electrons. The second-order valence-corrected chi connectivity index (χ2v) is 8.10. The van der Waals surface area contributed by atoms with Gasteiger partial charge < -0.3 is 9.80 Å². The van der Waals surface area contributed by atoms with Crippen LogP contribution in [0.4, 0.5) is 23.2 Å². The highest BCUT2D eigenvalue weighted by Crippen LogP contribution is 2.35. The van der Waals surface area contributed by atoms with E-state index in [1.807, 2.05) is 4.90 Å². The van der Waals surface area contributed by atoms with Gasteiger partial charge in [-0.3, -0.25) is 14.5 Å². The smallest absolute Gasteiger partial charge is 0.337 e. The summed E-state index contributed by atoms with van der Waals surface area (Å²) >= 11 is 0. The molecule has 1 unspecified atom stereocenters. The minimum Gasteiger partial charge on any atom is -0.337 e. The van der Waals surface area contributed by atoms with Crippen molar-refractivity contribution < 1.29 is 27.2 Å². The van der Waals surface area contributed by atoms with E-state index in [0.29, 0.717) is 18.7 Å². The molecular weight excluding hydrogens is 414 g/mol. The van der Waals surface area contributed by atoms with Crippen molar-refractivity contribution in [2.75, 3.05) is 38.1 Å². The first kappa shape index (κ1) is 21.3. The summed E-state index contributed by atoms with van der Waals surface area (Å²) in [5.41, 5.74) is -1.01. The third kappa shape index (κ3) is 4.01. The quantitative estimate of drug-likeness (QED) is 0.680. The summed E-state index contributed by atoms with van der Waals surface area (Å²) in [5, 5.41) is 0. The Morgan fingerprint density at radius 2 is 1.81 bits per heavy atom. The summed E-state index contributed by atoms with van der Waals surface area (Å²) in [6.07, 6.45) is -3.98. The van der Waals surface area contributed by atoms with Crippen LogP contribution in [0.3, 0.4) is 0 Å². The van der Waals surface area contributed by atoms with Crippen molar-refractivity contribution in [1.82, 2.24) is 9.80 Å². The van der Waals surface area contributed by atoms with Crippen LogP contribution >= 0.6 is 0 Å². The molecule has 2 aliphatic rings. The zero-order valence-electron chi connectivity index (χ0n) is 16.8. The number of halogens is 4. The highest BCUT2D eigenvalue weighted by molar-refractivity contribution is 5.97. The zero-order chi connectivity index (χ0) is 22.4. The second-order valence-electron chi connectivity index (χ2n) is 8.10.